The topological polar surface area (TPSA) is 68.6 Å². The highest BCUT2D eigenvalue weighted by molar-refractivity contribution is 6.27. The van der Waals surface area contributed by atoms with E-state index in [-0.39, 0.29) is 24.2 Å². The summed E-state index contributed by atoms with van der Waals surface area (Å²) in [5.41, 5.74) is 1.51. The summed E-state index contributed by atoms with van der Waals surface area (Å²) in [7, 11) is 3.38. The fraction of sp³-hybridized carbons (Fsp3) is 0.147. The van der Waals surface area contributed by atoms with Gasteiger partial charge in [-0.3, -0.25) is 14.4 Å². The third kappa shape index (κ3) is 4.09. The van der Waals surface area contributed by atoms with Crippen molar-refractivity contribution in [2.45, 2.75) is 18.4 Å². The lowest BCUT2D eigenvalue weighted by Crippen LogP contribution is -2.62. The number of Topliss-reactive ketones (excluding diaryl/α,β-unsaturated/α-hetero) is 1. The number of aryl methyl sites for hydroxylation is 1. The Morgan fingerprint density at radius 1 is 0.700 bits per heavy atom. The number of rotatable bonds is 6. The minimum atomic E-state index is -1.91. The molecule has 1 aliphatic rings. The number of aromatic nitrogens is 1. The average molecular weight is 529 g/mol. The van der Waals surface area contributed by atoms with Crippen LogP contribution in [0.25, 0.3) is 10.9 Å². The monoisotopic (exact) mass is 528 g/mol. The lowest BCUT2D eigenvalue weighted by atomic mass is 9.81. The van der Waals surface area contributed by atoms with Crippen LogP contribution in [0.1, 0.15) is 27.0 Å². The first kappa shape index (κ1) is 25.3. The van der Waals surface area contributed by atoms with Crippen LogP contribution in [0.2, 0.25) is 0 Å². The van der Waals surface area contributed by atoms with Crippen LogP contribution in [0.4, 0.5) is 5.69 Å². The molecule has 6 rings (SSSR count). The molecule has 1 aromatic heterocycles. The van der Waals surface area contributed by atoms with Crippen LogP contribution in [0.5, 0.6) is 5.75 Å². The molecule has 0 spiro atoms. The highest BCUT2D eigenvalue weighted by Crippen LogP contribution is 2.40. The summed E-state index contributed by atoms with van der Waals surface area (Å²) in [5, 5.41) is 0.657. The van der Waals surface area contributed by atoms with Crippen molar-refractivity contribution >= 4 is 28.3 Å². The zero-order valence-electron chi connectivity index (χ0n) is 22.3. The van der Waals surface area contributed by atoms with Crippen molar-refractivity contribution in [1.29, 1.82) is 0 Å². The summed E-state index contributed by atoms with van der Waals surface area (Å²) in [4.78, 5) is 44.0. The molecule has 6 heteroatoms. The maximum absolute atomic E-state index is 14.4. The lowest BCUT2D eigenvalue weighted by molar-refractivity contribution is -0.130. The van der Waals surface area contributed by atoms with Gasteiger partial charge in [0, 0.05) is 37.9 Å². The molecule has 0 aliphatic carbocycles. The maximum Gasteiger partial charge on any atom is 0.279 e. The van der Waals surface area contributed by atoms with E-state index in [0.717, 1.165) is 11.1 Å². The number of ether oxygens (including phenoxy) is 1. The molecule has 0 bridgehead atoms. The quantitative estimate of drug-likeness (QED) is 0.279. The molecule has 0 fully saturated rings. The van der Waals surface area contributed by atoms with Gasteiger partial charge in [0.15, 0.2) is 0 Å². The standard InChI is InChI=1S/C34H28N2O4/c1-35-28-19-11-9-17-25(28)30(27(32(35)38)21-23-13-5-3-6-14-23)40-34(22-24-15-7-4-8-16-24)31(37)26-18-10-12-20-29(26)36(2)33(34)39/h3-20H,21-22H2,1-2H3. The van der Waals surface area contributed by atoms with Crippen molar-refractivity contribution < 1.29 is 14.3 Å². The van der Waals surface area contributed by atoms with E-state index in [0.29, 0.717) is 27.7 Å². The van der Waals surface area contributed by atoms with E-state index in [1.807, 2.05) is 84.9 Å². The van der Waals surface area contributed by atoms with Gasteiger partial charge in [-0.15, -0.1) is 0 Å². The zero-order valence-corrected chi connectivity index (χ0v) is 22.3. The molecule has 1 amide bonds. The van der Waals surface area contributed by atoms with Crippen LogP contribution in [0, 0.1) is 0 Å². The van der Waals surface area contributed by atoms with E-state index >= 15 is 0 Å². The molecule has 0 saturated heterocycles. The lowest BCUT2D eigenvalue weighted by Gasteiger charge is -2.40. The summed E-state index contributed by atoms with van der Waals surface area (Å²) < 4.78 is 8.39. The molecule has 1 aliphatic heterocycles. The van der Waals surface area contributed by atoms with Gasteiger partial charge in [0.25, 0.3) is 17.1 Å². The molecule has 198 valence electrons. The van der Waals surface area contributed by atoms with Crippen molar-refractivity contribution in [3.8, 4) is 5.75 Å². The number of hydrogen-bond acceptors (Lipinski definition) is 4. The third-order valence-corrected chi connectivity index (χ3v) is 7.67. The average Bonchev–Trinajstić information content (AvgIpc) is 3.00. The number of pyridine rings is 1. The Bertz CT molecular complexity index is 1810. The van der Waals surface area contributed by atoms with Gasteiger partial charge in [0.05, 0.1) is 16.8 Å². The highest BCUT2D eigenvalue weighted by atomic mass is 16.5. The van der Waals surface area contributed by atoms with Gasteiger partial charge in [-0.1, -0.05) is 84.9 Å². The van der Waals surface area contributed by atoms with Gasteiger partial charge in [0.2, 0.25) is 5.78 Å². The van der Waals surface area contributed by atoms with E-state index in [4.69, 9.17) is 4.74 Å². The largest absolute Gasteiger partial charge is 0.468 e. The number of anilines is 1. The molecule has 40 heavy (non-hydrogen) atoms. The smallest absolute Gasteiger partial charge is 0.279 e. The van der Waals surface area contributed by atoms with E-state index < -0.39 is 17.3 Å². The molecule has 5 aromatic rings. The minimum Gasteiger partial charge on any atom is -0.468 e. The predicted molar refractivity (Wildman–Crippen MR) is 156 cm³/mol. The van der Waals surface area contributed by atoms with Crippen LogP contribution in [0.3, 0.4) is 0 Å². The first-order valence-corrected chi connectivity index (χ1v) is 13.2. The number of nitrogens with zero attached hydrogens (tertiary/aromatic N) is 2. The van der Waals surface area contributed by atoms with Gasteiger partial charge in [-0.25, -0.2) is 0 Å². The normalized spacial score (nSPS) is 16.7. The van der Waals surface area contributed by atoms with Crippen LogP contribution in [-0.2, 0) is 24.7 Å². The molecule has 1 unspecified atom stereocenters. The van der Waals surface area contributed by atoms with Crippen LogP contribution >= 0.6 is 0 Å². The highest BCUT2D eigenvalue weighted by Gasteiger charge is 2.55. The van der Waals surface area contributed by atoms with E-state index in [2.05, 4.69) is 0 Å². The third-order valence-electron chi connectivity index (χ3n) is 7.67. The summed E-state index contributed by atoms with van der Waals surface area (Å²) >= 11 is 0. The Kier molecular flexibility index (Phi) is 6.31. The second-order valence-corrected chi connectivity index (χ2v) is 10.2. The number of amides is 1. The first-order chi connectivity index (χ1) is 19.4. The summed E-state index contributed by atoms with van der Waals surface area (Å²) in [6.45, 7) is 0. The summed E-state index contributed by atoms with van der Waals surface area (Å²) in [6.07, 6.45) is 0.294. The van der Waals surface area contributed by atoms with E-state index in [9.17, 15) is 14.4 Å². The number of hydrogen-bond donors (Lipinski definition) is 0. The number of likely N-dealkylation sites (N-methyl/N-ethyl adjacent to an activating group) is 1. The number of carbonyl (C=O) groups excluding carboxylic acids is 2. The molecule has 1 atom stereocenters. The predicted octanol–water partition coefficient (Wildman–Crippen LogP) is 5.35. The zero-order chi connectivity index (χ0) is 27.9. The molecule has 2 heterocycles. The van der Waals surface area contributed by atoms with Gasteiger partial charge in [-0.05, 0) is 35.4 Å². The van der Waals surface area contributed by atoms with Gasteiger partial charge in [-0.2, -0.15) is 0 Å². The van der Waals surface area contributed by atoms with Gasteiger partial charge < -0.3 is 14.2 Å². The van der Waals surface area contributed by atoms with Crippen LogP contribution in [0.15, 0.2) is 114 Å². The van der Waals surface area contributed by atoms with Gasteiger partial charge in [0.1, 0.15) is 5.75 Å². The number of benzene rings is 4. The number of para-hydroxylation sites is 2. The van der Waals surface area contributed by atoms with Crippen molar-refractivity contribution in [3.63, 3.8) is 0 Å². The minimum absolute atomic E-state index is 0.0124. The van der Waals surface area contributed by atoms with Crippen molar-refractivity contribution in [2.75, 3.05) is 11.9 Å². The Morgan fingerprint density at radius 3 is 2.02 bits per heavy atom. The Hall–Kier alpha value is -4.97. The Labute approximate surface area is 232 Å². The van der Waals surface area contributed by atoms with Crippen LogP contribution < -0.4 is 15.2 Å². The molecule has 4 aromatic carbocycles. The second-order valence-electron chi connectivity index (χ2n) is 10.2. The Morgan fingerprint density at radius 2 is 1.30 bits per heavy atom. The molecule has 0 N–H and O–H groups in total. The summed E-state index contributed by atoms with van der Waals surface area (Å²) in [6, 6.07) is 33.5. The number of fused-ring (bicyclic) bond motifs is 2. The van der Waals surface area contributed by atoms with E-state index in [1.54, 1.807) is 42.9 Å². The summed E-state index contributed by atoms with van der Waals surface area (Å²) in [5.74, 6) is -0.645. The number of carbonyl (C=O) groups is 2. The molecular weight excluding hydrogens is 500 g/mol. The van der Waals surface area contributed by atoms with Gasteiger partial charge >= 0.3 is 0 Å². The maximum atomic E-state index is 14.4. The molecular formula is C34H28N2O4. The molecule has 0 radical (unpaired) electrons. The molecule has 0 saturated carbocycles. The van der Waals surface area contributed by atoms with Crippen molar-refractivity contribution in [1.82, 2.24) is 4.57 Å². The Balaban J connectivity index is 1.62. The van der Waals surface area contributed by atoms with Crippen molar-refractivity contribution in [3.05, 3.63) is 142 Å². The SMILES string of the molecule is CN1C(=O)C(Cc2ccccc2)(Oc2c(Cc3ccccc3)c(=O)n(C)c3ccccc23)C(=O)c2ccccc21. The van der Waals surface area contributed by atoms with E-state index in [1.165, 1.54) is 4.90 Å². The fourth-order valence-corrected chi connectivity index (χ4v) is 5.59. The number of ketones is 1. The first-order valence-electron chi connectivity index (χ1n) is 13.2. The van der Waals surface area contributed by atoms with Crippen LogP contribution in [-0.4, -0.2) is 28.9 Å². The van der Waals surface area contributed by atoms with Crippen molar-refractivity contribution in [2.24, 2.45) is 7.05 Å². The fourth-order valence-electron chi connectivity index (χ4n) is 5.59. The molecule has 6 nitrogen and oxygen atoms in total. The second kappa shape index (κ2) is 9.97.